The van der Waals surface area contributed by atoms with Crippen LogP contribution in [0.25, 0.3) is 0 Å². The fourth-order valence-corrected chi connectivity index (χ4v) is 2.99. The van der Waals surface area contributed by atoms with Gasteiger partial charge in [0.05, 0.1) is 5.01 Å². The molecule has 1 aliphatic heterocycles. The van der Waals surface area contributed by atoms with Gasteiger partial charge in [-0.1, -0.05) is 0 Å². The van der Waals surface area contributed by atoms with Crippen LogP contribution in [0, 0.1) is 5.92 Å². The van der Waals surface area contributed by atoms with Crippen molar-refractivity contribution in [2.45, 2.75) is 25.7 Å². The first kappa shape index (κ1) is 14.9. The van der Waals surface area contributed by atoms with Crippen molar-refractivity contribution in [1.29, 1.82) is 0 Å². The van der Waals surface area contributed by atoms with E-state index in [1.165, 1.54) is 16.7 Å². The van der Waals surface area contributed by atoms with Crippen molar-refractivity contribution in [3.05, 3.63) is 16.1 Å². The zero-order valence-corrected chi connectivity index (χ0v) is 12.0. The highest BCUT2D eigenvalue weighted by atomic mass is 32.1. The van der Waals surface area contributed by atoms with Gasteiger partial charge in [0, 0.05) is 24.8 Å². The summed E-state index contributed by atoms with van der Waals surface area (Å²) in [6.07, 6.45) is 3.23. The number of hydrogen-bond acceptors (Lipinski definition) is 5. The molecule has 0 aromatic carbocycles. The summed E-state index contributed by atoms with van der Waals surface area (Å²) in [4.78, 5) is 26.3. The van der Waals surface area contributed by atoms with Crippen molar-refractivity contribution in [3.63, 3.8) is 0 Å². The first-order chi connectivity index (χ1) is 9.65. The van der Waals surface area contributed by atoms with Gasteiger partial charge in [0.1, 0.15) is 0 Å². The number of carboxylic acid groups (broad SMARTS) is 1. The average molecular weight is 297 g/mol. The minimum Gasteiger partial charge on any atom is -0.476 e. The second kappa shape index (κ2) is 7.35. The van der Waals surface area contributed by atoms with E-state index in [9.17, 15) is 9.59 Å². The quantitative estimate of drug-likeness (QED) is 0.695. The summed E-state index contributed by atoms with van der Waals surface area (Å²) < 4.78 is 0. The molecule has 1 atom stereocenters. The van der Waals surface area contributed by atoms with E-state index in [1.807, 2.05) is 0 Å². The molecule has 2 heterocycles. The number of hydrogen-bond donors (Lipinski definition) is 3. The van der Waals surface area contributed by atoms with E-state index < -0.39 is 5.97 Å². The second-order valence-corrected chi connectivity index (χ2v) is 5.87. The van der Waals surface area contributed by atoms with E-state index in [0.29, 0.717) is 25.3 Å². The molecule has 0 radical (unpaired) electrons. The van der Waals surface area contributed by atoms with Gasteiger partial charge in [-0.25, -0.2) is 9.78 Å². The highest BCUT2D eigenvalue weighted by molar-refractivity contribution is 7.09. The second-order valence-electron chi connectivity index (χ2n) is 4.93. The van der Waals surface area contributed by atoms with Gasteiger partial charge < -0.3 is 15.7 Å². The predicted molar refractivity (Wildman–Crippen MR) is 76.0 cm³/mol. The Kier molecular flexibility index (Phi) is 5.49. The molecule has 1 fully saturated rings. The first-order valence-corrected chi connectivity index (χ1v) is 7.68. The minimum atomic E-state index is -1.01. The molecule has 0 bridgehead atoms. The van der Waals surface area contributed by atoms with Crippen LogP contribution in [0.15, 0.2) is 5.38 Å². The van der Waals surface area contributed by atoms with Crippen molar-refractivity contribution in [1.82, 2.24) is 15.6 Å². The fourth-order valence-electron chi connectivity index (χ4n) is 2.22. The third-order valence-corrected chi connectivity index (χ3v) is 4.28. The maximum absolute atomic E-state index is 11.7. The summed E-state index contributed by atoms with van der Waals surface area (Å²) in [7, 11) is 0. The number of amides is 1. The molecular weight excluding hydrogens is 278 g/mol. The average Bonchev–Trinajstić information content (AvgIpc) is 3.07. The molecule has 2 rings (SSSR count). The lowest BCUT2D eigenvalue weighted by molar-refractivity contribution is -0.121. The van der Waals surface area contributed by atoms with Crippen LogP contribution < -0.4 is 10.6 Å². The zero-order valence-electron chi connectivity index (χ0n) is 11.2. The number of aromatic nitrogens is 1. The summed E-state index contributed by atoms with van der Waals surface area (Å²) in [5, 5.41) is 17.2. The van der Waals surface area contributed by atoms with E-state index in [4.69, 9.17) is 5.11 Å². The van der Waals surface area contributed by atoms with Gasteiger partial charge in [-0.15, -0.1) is 11.3 Å². The summed E-state index contributed by atoms with van der Waals surface area (Å²) in [5.41, 5.74) is 0.0741. The molecule has 6 nitrogen and oxygen atoms in total. The van der Waals surface area contributed by atoms with E-state index >= 15 is 0 Å². The molecule has 7 heteroatoms. The van der Waals surface area contributed by atoms with Crippen molar-refractivity contribution >= 4 is 23.2 Å². The van der Waals surface area contributed by atoms with E-state index in [1.54, 1.807) is 0 Å². The van der Waals surface area contributed by atoms with Gasteiger partial charge in [0.2, 0.25) is 5.91 Å². The third-order valence-electron chi connectivity index (χ3n) is 3.37. The zero-order chi connectivity index (χ0) is 14.4. The van der Waals surface area contributed by atoms with Crippen molar-refractivity contribution in [2.75, 3.05) is 19.6 Å². The maximum Gasteiger partial charge on any atom is 0.355 e. The van der Waals surface area contributed by atoms with Gasteiger partial charge in [0.25, 0.3) is 0 Å². The van der Waals surface area contributed by atoms with E-state index in [2.05, 4.69) is 15.6 Å². The molecule has 1 aromatic heterocycles. The number of nitrogens with one attached hydrogen (secondary N) is 2. The Morgan fingerprint density at radius 3 is 3.05 bits per heavy atom. The van der Waals surface area contributed by atoms with Gasteiger partial charge in [-0.05, 0) is 31.8 Å². The Labute approximate surface area is 121 Å². The van der Waals surface area contributed by atoms with Crippen LogP contribution in [-0.4, -0.2) is 41.6 Å². The topological polar surface area (TPSA) is 91.3 Å². The molecule has 1 amide bonds. The number of thiazole rings is 1. The number of carbonyl (C=O) groups is 2. The van der Waals surface area contributed by atoms with Crippen LogP contribution in [-0.2, 0) is 11.2 Å². The number of carbonyl (C=O) groups excluding carboxylic acids is 1. The van der Waals surface area contributed by atoms with Gasteiger partial charge in [0.15, 0.2) is 5.69 Å². The first-order valence-electron chi connectivity index (χ1n) is 6.80. The molecule has 1 aromatic rings. The Bertz CT molecular complexity index is 469. The number of nitrogens with zero attached hydrogens (tertiary/aromatic N) is 1. The molecule has 3 N–H and O–H groups in total. The Balaban J connectivity index is 1.61. The van der Waals surface area contributed by atoms with Gasteiger partial charge in [-0.3, -0.25) is 4.79 Å². The van der Waals surface area contributed by atoms with Crippen LogP contribution in [0.1, 0.15) is 34.8 Å². The molecule has 0 spiro atoms. The highest BCUT2D eigenvalue weighted by Gasteiger charge is 2.15. The normalized spacial score (nSPS) is 18.1. The molecule has 1 aliphatic rings. The standard InChI is InChI=1S/C13H19N3O3S/c17-11(2-1-9-3-5-14-7-9)15-6-4-12-16-10(8-20-12)13(18)19/h8-9,14H,1-7H2,(H,15,17)(H,18,19). The number of aromatic carboxylic acids is 1. The molecule has 0 saturated carbocycles. The van der Waals surface area contributed by atoms with Crippen LogP contribution in [0.3, 0.4) is 0 Å². The Morgan fingerprint density at radius 2 is 2.40 bits per heavy atom. The van der Waals surface area contributed by atoms with Gasteiger partial charge in [-0.2, -0.15) is 0 Å². The van der Waals surface area contributed by atoms with Crippen LogP contribution in [0.2, 0.25) is 0 Å². The van der Waals surface area contributed by atoms with Crippen molar-refractivity contribution in [3.8, 4) is 0 Å². The number of carboxylic acids is 1. The molecule has 20 heavy (non-hydrogen) atoms. The largest absolute Gasteiger partial charge is 0.476 e. The monoisotopic (exact) mass is 297 g/mol. The maximum atomic E-state index is 11.7. The van der Waals surface area contributed by atoms with E-state index in [-0.39, 0.29) is 11.6 Å². The van der Waals surface area contributed by atoms with Crippen LogP contribution in [0.5, 0.6) is 0 Å². The predicted octanol–water partition coefficient (Wildman–Crippen LogP) is 0.890. The summed E-state index contributed by atoms with van der Waals surface area (Å²) in [6, 6.07) is 0. The molecule has 1 unspecified atom stereocenters. The van der Waals surface area contributed by atoms with Crippen molar-refractivity contribution in [2.24, 2.45) is 5.92 Å². The minimum absolute atomic E-state index is 0.0620. The fraction of sp³-hybridized carbons (Fsp3) is 0.615. The lowest BCUT2D eigenvalue weighted by Gasteiger charge is -2.08. The summed E-state index contributed by atoms with van der Waals surface area (Å²) in [6.45, 7) is 2.58. The molecular formula is C13H19N3O3S. The van der Waals surface area contributed by atoms with Crippen LogP contribution >= 0.6 is 11.3 Å². The summed E-state index contributed by atoms with van der Waals surface area (Å²) >= 11 is 1.31. The van der Waals surface area contributed by atoms with Gasteiger partial charge >= 0.3 is 5.97 Å². The van der Waals surface area contributed by atoms with Crippen molar-refractivity contribution < 1.29 is 14.7 Å². The third kappa shape index (κ3) is 4.57. The highest BCUT2D eigenvalue weighted by Crippen LogP contribution is 2.14. The van der Waals surface area contributed by atoms with Crippen LogP contribution in [0.4, 0.5) is 0 Å². The Morgan fingerprint density at radius 1 is 1.55 bits per heavy atom. The lowest BCUT2D eigenvalue weighted by atomic mass is 10.0. The SMILES string of the molecule is O=C(CCC1CCNC1)NCCc1nc(C(=O)O)cs1. The lowest BCUT2D eigenvalue weighted by Crippen LogP contribution is -2.26. The van der Waals surface area contributed by atoms with E-state index in [0.717, 1.165) is 30.9 Å². The Hall–Kier alpha value is -1.47. The smallest absolute Gasteiger partial charge is 0.355 e. The summed E-state index contributed by atoms with van der Waals surface area (Å²) in [5.74, 6) is -0.327. The number of rotatable bonds is 7. The molecule has 110 valence electrons. The molecule has 0 aliphatic carbocycles. The molecule has 1 saturated heterocycles.